The Morgan fingerprint density at radius 1 is 1.19 bits per heavy atom. The third-order valence-corrected chi connectivity index (χ3v) is 6.91. The molecule has 1 aliphatic heterocycles. The van der Waals surface area contributed by atoms with Crippen LogP contribution >= 0.6 is 12.4 Å². The summed E-state index contributed by atoms with van der Waals surface area (Å²) in [7, 11) is -3.84. The standard InChI is InChI=1S/C18H21N3O4S.ClH/c1-13-7-8-16(21(22)23)9-18(13)26(24,25)20-11-15(10-19)17(12-20)14-5-3-2-4-6-14;/h2-9,15,17H,10-12,19H2,1H3;1H/t15-,17+;/m1./s1. The molecule has 2 atom stereocenters. The summed E-state index contributed by atoms with van der Waals surface area (Å²) in [5.41, 5.74) is 7.20. The Labute approximate surface area is 164 Å². The summed E-state index contributed by atoms with van der Waals surface area (Å²) in [6.07, 6.45) is 0. The number of aryl methyl sites for hydroxylation is 1. The summed E-state index contributed by atoms with van der Waals surface area (Å²) in [4.78, 5) is 10.4. The maximum atomic E-state index is 13.1. The number of hydrogen-bond acceptors (Lipinski definition) is 5. The highest BCUT2D eigenvalue weighted by Gasteiger charge is 2.40. The molecular weight excluding hydrogens is 390 g/mol. The normalized spacial score (nSPS) is 20.2. The van der Waals surface area contributed by atoms with Crippen molar-refractivity contribution >= 4 is 28.1 Å². The average molecular weight is 412 g/mol. The number of nitro benzene ring substituents is 1. The van der Waals surface area contributed by atoms with Crippen molar-refractivity contribution in [1.82, 2.24) is 4.31 Å². The Morgan fingerprint density at radius 3 is 2.44 bits per heavy atom. The monoisotopic (exact) mass is 411 g/mol. The molecule has 1 saturated heterocycles. The van der Waals surface area contributed by atoms with Gasteiger partial charge >= 0.3 is 0 Å². The zero-order valence-corrected chi connectivity index (χ0v) is 16.4. The van der Waals surface area contributed by atoms with Crippen LogP contribution in [0.1, 0.15) is 17.0 Å². The van der Waals surface area contributed by atoms with Crippen LogP contribution in [0.5, 0.6) is 0 Å². The lowest BCUT2D eigenvalue weighted by Gasteiger charge is -2.18. The second-order valence-electron chi connectivity index (χ2n) is 6.54. The zero-order chi connectivity index (χ0) is 18.9. The van der Waals surface area contributed by atoms with Crippen LogP contribution in [0.3, 0.4) is 0 Å². The van der Waals surface area contributed by atoms with E-state index >= 15 is 0 Å². The number of non-ortho nitro benzene ring substituents is 1. The second kappa shape index (κ2) is 8.35. The Balaban J connectivity index is 0.00000261. The summed E-state index contributed by atoms with van der Waals surface area (Å²) < 4.78 is 27.7. The van der Waals surface area contributed by atoms with Crippen LogP contribution in [-0.4, -0.2) is 37.3 Å². The lowest BCUT2D eigenvalue weighted by Crippen LogP contribution is -2.30. The first-order valence-corrected chi connectivity index (χ1v) is 9.79. The molecule has 1 aliphatic rings. The molecule has 2 aromatic rings. The van der Waals surface area contributed by atoms with E-state index in [4.69, 9.17) is 5.73 Å². The number of benzene rings is 2. The first-order chi connectivity index (χ1) is 12.3. The van der Waals surface area contributed by atoms with Crippen LogP contribution in [0.4, 0.5) is 5.69 Å². The van der Waals surface area contributed by atoms with E-state index in [1.54, 1.807) is 6.92 Å². The van der Waals surface area contributed by atoms with E-state index in [-0.39, 0.29) is 34.8 Å². The van der Waals surface area contributed by atoms with Gasteiger partial charge in [0.05, 0.1) is 9.82 Å². The number of nitrogens with two attached hydrogens (primary N) is 1. The van der Waals surface area contributed by atoms with Gasteiger partial charge in [0.2, 0.25) is 10.0 Å². The summed E-state index contributed by atoms with van der Waals surface area (Å²) in [5.74, 6) is 0.0150. The van der Waals surface area contributed by atoms with Gasteiger partial charge in [-0.1, -0.05) is 36.4 Å². The van der Waals surface area contributed by atoms with Crippen molar-refractivity contribution in [2.75, 3.05) is 19.6 Å². The third-order valence-electron chi connectivity index (χ3n) is 4.94. The Hall–Kier alpha value is -2.00. The van der Waals surface area contributed by atoms with E-state index in [2.05, 4.69) is 0 Å². The molecule has 27 heavy (non-hydrogen) atoms. The van der Waals surface area contributed by atoms with Crippen LogP contribution in [-0.2, 0) is 10.0 Å². The van der Waals surface area contributed by atoms with Crippen molar-refractivity contribution < 1.29 is 13.3 Å². The van der Waals surface area contributed by atoms with Gasteiger partial charge in [-0.25, -0.2) is 8.42 Å². The minimum absolute atomic E-state index is 0. The summed E-state index contributed by atoms with van der Waals surface area (Å²) in [6, 6.07) is 13.6. The topological polar surface area (TPSA) is 107 Å². The fourth-order valence-corrected chi connectivity index (χ4v) is 5.23. The van der Waals surface area contributed by atoms with Crippen LogP contribution < -0.4 is 5.73 Å². The van der Waals surface area contributed by atoms with Gasteiger partial charge in [0, 0.05) is 31.1 Å². The third kappa shape index (κ3) is 4.14. The molecule has 0 amide bonds. The molecule has 2 N–H and O–H groups in total. The smallest absolute Gasteiger partial charge is 0.270 e. The highest BCUT2D eigenvalue weighted by atomic mass is 35.5. The van der Waals surface area contributed by atoms with Crippen LogP contribution in [0.25, 0.3) is 0 Å². The molecule has 0 radical (unpaired) electrons. The summed E-state index contributed by atoms with van der Waals surface area (Å²) >= 11 is 0. The minimum atomic E-state index is -3.84. The maximum absolute atomic E-state index is 13.1. The van der Waals surface area contributed by atoms with Gasteiger partial charge in [0.15, 0.2) is 0 Å². The molecule has 2 aromatic carbocycles. The van der Waals surface area contributed by atoms with Crippen molar-refractivity contribution in [1.29, 1.82) is 0 Å². The molecule has 0 aromatic heterocycles. The molecule has 1 heterocycles. The predicted molar refractivity (Wildman–Crippen MR) is 106 cm³/mol. The van der Waals surface area contributed by atoms with E-state index in [0.29, 0.717) is 25.2 Å². The number of halogens is 1. The second-order valence-corrected chi connectivity index (χ2v) is 8.45. The van der Waals surface area contributed by atoms with Crippen molar-refractivity contribution in [2.24, 2.45) is 11.7 Å². The lowest BCUT2D eigenvalue weighted by molar-refractivity contribution is -0.385. The first kappa shape index (κ1) is 21.3. The molecule has 1 fully saturated rings. The van der Waals surface area contributed by atoms with Crippen molar-refractivity contribution in [3.63, 3.8) is 0 Å². The van der Waals surface area contributed by atoms with E-state index in [1.165, 1.54) is 16.4 Å². The SMILES string of the molecule is Cc1ccc([N+](=O)[O-])cc1S(=O)(=O)N1C[C@@H](CN)[C@H](c2ccccc2)C1.Cl. The number of hydrogen-bond donors (Lipinski definition) is 1. The van der Waals surface area contributed by atoms with Gasteiger partial charge in [0.25, 0.3) is 5.69 Å². The fourth-order valence-electron chi connectivity index (χ4n) is 3.46. The Bertz CT molecular complexity index is 921. The fraction of sp³-hybridized carbons (Fsp3) is 0.333. The molecule has 146 valence electrons. The number of nitrogens with zero attached hydrogens (tertiary/aromatic N) is 2. The summed E-state index contributed by atoms with van der Waals surface area (Å²) in [5, 5.41) is 11.0. The quantitative estimate of drug-likeness (QED) is 0.601. The van der Waals surface area contributed by atoms with E-state index in [9.17, 15) is 18.5 Å². The number of sulfonamides is 1. The zero-order valence-electron chi connectivity index (χ0n) is 14.8. The van der Waals surface area contributed by atoms with Gasteiger partial charge in [-0.15, -0.1) is 12.4 Å². The highest BCUT2D eigenvalue weighted by Crippen LogP contribution is 2.36. The van der Waals surface area contributed by atoms with E-state index in [1.807, 2.05) is 30.3 Å². The van der Waals surface area contributed by atoms with Crippen molar-refractivity contribution in [3.8, 4) is 0 Å². The summed E-state index contributed by atoms with van der Waals surface area (Å²) in [6.45, 7) is 2.64. The van der Waals surface area contributed by atoms with Crippen molar-refractivity contribution in [3.05, 3.63) is 69.8 Å². The molecule has 3 rings (SSSR count). The molecular formula is C18H22ClN3O4S. The predicted octanol–water partition coefficient (Wildman–Crippen LogP) is 2.69. The Morgan fingerprint density at radius 2 is 1.85 bits per heavy atom. The molecule has 7 nitrogen and oxygen atoms in total. The van der Waals surface area contributed by atoms with Crippen LogP contribution in [0.15, 0.2) is 53.4 Å². The van der Waals surface area contributed by atoms with Gasteiger partial charge < -0.3 is 5.73 Å². The molecule has 0 saturated carbocycles. The average Bonchev–Trinajstić information content (AvgIpc) is 3.07. The molecule has 9 heteroatoms. The number of nitro groups is 1. The van der Waals surface area contributed by atoms with Crippen molar-refractivity contribution in [2.45, 2.75) is 17.7 Å². The molecule has 0 aliphatic carbocycles. The lowest BCUT2D eigenvalue weighted by atomic mass is 9.89. The highest BCUT2D eigenvalue weighted by molar-refractivity contribution is 7.89. The molecule has 0 bridgehead atoms. The van der Waals surface area contributed by atoms with Gasteiger partial charge in [-0.2, -0.15) is 4.31 Å². The van der Waals surface area contributed by atoms with E-state index < -0.39 is 14.9 Å². The van der Waals surface area contributed by atoms with Gasteiger partial charge in [-0.05, 0) is 30.5 Å². The van der Waals surface area contributed by atoms with Crippen LogP contribution in [0, 0.1) is 23.0 Å². The maximum Gasteiger partial charge on any atom is 0.270 e. The molecule has 0 spiro atoms. The van der Waals surface area contributed by atoms with Gasteiger partial charge in [-0.3, -0.25) is 10.1 Å². The molecule has 0 unspecified atom stereocenters. The largest absolute Gasteiger partial charge is 0.330 e. The minimum Gasteiger partial charge on any atom is -0.330 e. The first-order valence-electron chi connectivity index (χ1n) is 8.34. The van der Waals surface area contributed by atoms with Crippen LogP contribution in [0.2, 0.25) is 0 Å². The number of rotatable bonds is 5. The Kier molecular flexibility index (Phi) is 6.59. The van der Waals surface area contributed by atoms with Gasteiger partial charge in [0.1, 0.15) is 0 Å². The van der Waals surface area contributed by atoms with E-state index in [0.717, 1.165) is 11.6 Å².